The van der Waals surface area contributed by atoms with E-state index in [4.69, 9.17) is 4.74 Å². The number of hydrogen-bond donors (Lipinski definition) is 0. The summed E-state index contributed by atoms with van der Waals surface area (Å²) in [4.78, 5) is 30.5. The van der Waals surface area contributed by atoms with E-state index in [1.807, 2.05) is 6.92 Å². The van der Waals surface area contributed by atoms with Crippen LogP contribution in [-0.4, -0.2) is 46.2 Å². The van der Waals surface area contributed by atoms with Crippen LogP contribution in [0.15, 0.2) is 23.4 Å². The molecule has 0 spiro atoms. The monoisotopic (exact) mass is 372 g/mol. The summed E-state index contributed by atoms with van der Waals surface area (Å²) in [6.45, 7) is 4.19. The molecular weight excluding hydrogens is 350 g/mol. The molecule has 1 aromatic heterocycles. The van der Waals surface area contributed by atoms with Gasteiger partial charge in [0.15, 0.2) is 6.10 Å². The summed E-state index contributed by atoms with van der Waals surface area (Å²) in [5.41, 5.74) is -0.0573. The molecule has 1 amide bonds. The number of nitrogens with zero attached hydrogens (tertiary/aromatic N) is 2. The summed E-state index contributed by atoms with van der Waals surface area (Å²) in [5.74, 6) is -3.76. The number of aromatic nitrogens is 1. The van der Waals surface area contributed by atoms with E-state index in [-0.39, 0.29) is 34.3 Å². The van der Waals surface area contributed by atoms with Gasteiger partial charge in [0.1, 0.15) is 5.03 Å². The van der Waals surface area contributed by atoms with Gasteiger partial charge < -0.3 is 9.64 Å². The second-order valence-corrected chi connectivity index (χ2v) is 6.85. The van der Waals surface area contributed by atoms with Crippen molar-refractivity contribution >= 4 is 23.6 Å². The van der Waals surface area contributed by atoms with E-state index in [2.05, 4.69) is 4.98 Å². The van der Waals surface area contributed by atoms with Gasteiger partial charge in [0.05, 0.1) is 5.56 Å². The van der Waals surface area contributed by atoms with Gasteiger partial charge in [0.25, 0.3) is 11.7 Å². The first kappa shape index (κ1) is 19.6. The van der Waals surface area contributed by atoms with Gasteiger partial charge in [-0.2, -0.15) is 8.78 Å². The zero-order chi connectivity index (χ0) is 18.4. The molecule has 0 N–H and O–H groups in total. The summed E-state index contributed by atoms with van der Waals surface area (Å²) >= 11 is 0.180. The Balaban J connectivity index is 2.06. The van der Waals surface area contributed by atoms with Gasteiger partial charge in [-0.1, -0.05) is 6.92 Å². The zero-order valence-electron chi connectivity index (χ0n) is 14.3. The number of pyridine rings is 1. The normalized spacial score (nSPS) is 18.9. The van der Waals surface area contributed by atoms with Crippen molar-refractivity contribution < 1.29 is 23.1 Å². The van der Waals surface area contributed by atoms with Crippen LogP contribution >= 0.6 is 11.8 Å². The van der Waals surface area contributed by atoms with Crippen LogP contribution in [0.25, 0.3) is 0 Å². The largest absolute Gasteiger partial charge is 0.449 e. The molecule has 5 nitrogen and oxygen atoms in total. The average Bonchev–Trinajstić information content (AvgIpc) is 2.60. The van der Waals surface area contributed by atoms with Crippen molar-refractivity contribution in [3.8, 4) is 0 Å². The minimum absolute atomic E-state index is 0.0573. The van der Waals surface area contributed by atoms with E-state index in [1.54, 1.807) is 4.90 Å². The van der Waals surface area contributed by atoms with Crippen molar-refractivity contribution in [2.75, 3.05) is 6.54 Å². The predicted octanol–water partition coefficient (Wildman–Crippen LogP) is 3.73. The summed E-state index contributed by atoms with van der Waals surface area (Å²) in [6, 6.07) is 2.99. The number of thioether (sulfide) groups is 1. The van der Waals surface area contributed by atoms with Crippen molar-refractivity contribution in [2.45, 2.75) is 62.5 Å². The standard InChI is InChI=1S/C17H22F2N2O3S/c1-3-12-7-4-5-10-21(12)15(22)11(2)24-16(23)13-8-6-9-20-14(13)25-17(18)19/h6,8-9,11-12,17H,3-5,7,10H2,1-2H3. The lowest BCUT2D eigenvalue weighted by Gasteiger charge is -2.36. The van der Waals surface area contributed by atoms with E-state index in [1.165, 1.54) is 25.3 Å². The fraction of sp³-hybridized carbons (Fsp3) is 0.588. The Bertz CT molecular complexity index is 615. The molecule has 2 heterocycles. The number of likely N-dealkylation sites (tertiary alicyclic amines) is 1. The van der Waals surface area contributed by atoms with Crippen molar-refractivity contribution in [2.24, 2.45) is 0 Å². The topological polar surface area (TPSA) is 59.5 Å². The summed E-state index contributed by atoms with van der Waals surface area (Å²) in [5, 5.41) is -0.105. The van der Waals surface area contributed by atoms with Crippen LogP contribution in [0.4, 0.5) is 8.78 Å². The van der Waals surface area contributed by atoms with Crippen molar-refractivity contribution in [3.63, 3.8) is 0 Å². The number of piperidine rings is 1. The maximum absolute atomic E-state index is 12.6. The van der Waals surface area contributed by atoms with Gasteiger partial charge in [-0.25, -0.2) is 9.78 Å². The molecule has 0 aliphatic carbocycles. The molecule has 2 atom stereocenters. The highest BCUT2D eigenvalue weighted by Gasteiger charge is 2.31. The van der Waals surface area contributed by atoms with Gasteiger partial charge in [-0.05, 0) is 56.5 Å². The Morgan fingerprint density at radius 3 is 2.88 bits per heavy atom. The fourth-order valence-electron chi connectivity index (χ4n) is 2.95. The second-order valence-electron chi connectivity index (χ2n) is 5.87. The summed E-state index contributed by atoms with van der Waals surface area (Å²) in [7, 11) is 0. The van der Waals surface area contributed by atoms with Crippen molar-refractivity contribution in [1.29, 1.82) is 0 Å². The summed E-state index contributed by atoms with van der Waals surface area (Å²) in [6.07, 6.45) is 4.17. The number of halogens is 2. The number of hydrogen-bond acceptors (Lipinski definition) is 5. The molecule has 0 aromatic carbocycles. The molecule has 25 heavy (non-hydrogen) atoms. The molecule has 1 saturated heterocycles. The highest BCUT2D eigenvalue weighted by Crippen LogP contribution is 2.27. The molecule has 1 fully saturated rings. The van der Waals surface area contributed by atoms with E-state index in [9.17, 15) is 18.4 Å². The molecule has 2 unspecified atom stereocenters. The SMILES string of the molecule is CCC1CCCCN1C(=O)C(C)OC(=O)c1cccnc1SC(F)F. The second kappa shape index (κ2) is 9.12. The van der Waals surface area contributed by atoms with E-state index >= 15 is 0 Å². The van der Waals surface area contributed by atoms with E-state index in [0.29, 0.717) is 6.54 Å². The molecule has 0 bridgehead atoms. The first-order valence-electron chi connectivity index (χ1n) is 8.35. The average molecular weight is 372 g/mol. The maximum Gasteiger partial charge on any atom is 0.341 e. The van der Waals surface area contributed by atoms with Gasteiger partial charge >= 0.3 is 5.97 Å². The minimum atomic E-state index is -2.70. The van der Waals surface area contributed by atoms with Crippen LogP contribution in [0.5, 0.6) is 0 Å². The van der Waals surface area contributed by atoms with Crippen LogP contribution < -0.4 is 0 Å². The number of ether oxygens (including phenoxy) is 1. The smallest absolute Gasteiger partial charge is 0.341 e. The molecule has 1 aliphatic rings. The lowest BCUT2D eigenvalue weighted by atomic mass is 9.99. The third-order valence-corrected chi connectivity index (χ3v) is 4.93. The minimum Gasteiger partial charge on any atom is -0.449 e. The van der Waals surface area contributed by atoms with Crippen LogP contribution in [0.2, 0.25) is 0 Å². The Morgan fingerprint density at radius 1 is 1.44 bits per heavy atom. The predicted molar refractivity (Wildman–Crippen MR) is 90.6 cm³/mol. The van der Waals surface area contributed by atoms with Crippen molar-refractivity contribution in [3.05, 3.63) is 23.9 Å². The van der Waals surface area contributed by atoms with Crippen molar-refractivity contribution in [1.82, 2.24) is 9.88 Å². The molecule has 0 radical (unpaired) electrons. The molecule has 2 rings (SSSR count). The Morgan fingerprint density at radius 2 is 2.20 bits per heavy atom. The molecule has 138 valence electrons. The number of amides is 1. The van der Waals surface area contributed by atoms with E-state index < -0.39 is 17.8 Å². The molecular formula is C17H22F2N2O3S. The Kier molecular flexibility index (Phi) is 7.16. The Labute approximate surface area is 150 Å². The van der Waals surface area contributed by atoms with Crippen LogP contribution in [0.3, 0.4) is 0 Å². The van der Waals surface area contributed by atoms with Gasteiger partial charge in [0.2, 0.25) is 0 Å². The van der Waals surface area contributed by atoms with Gasteiger partial charge in [-0.15, -0.1) is 0 Å². The highest BCUT2D eigenvalue weighted by atomic mass is 32.2. The first-order valence-corrected chi connectivity index (χ1v) is 9.23. The zero-order valence-corrected chi connectivity index (χ0v) is 15.1. The molecule has 1 aliphatic heterocycles. The summed E-state index contributed by atoms with van der Waals surface area (Å²) < 4.78 is 30.4. The quantitative estimate of drug-likeness (QED) is 0.562. The van der Waals surface area contributed by atoms with Gasteiger partial charge in [-0.3, -0.25) is 4.79 Å². The third kappa shape index (κ3) is 5.14. The number of alkyl halides is 2. The molecule has 0 saturated carbocycles. The van der Waals surface area contributed by atoms with E-state index in [0.717, 1.165) is 25.7 Å². The number of carbonyl (C=O) groups excluding carboxylic acids is 2. The Hall–Kier alpha value is -1.70. The lowest BCUT2D eigenvalue weighted by Crippen LogP contribution is -2.48. The van der Waals surface area contributed by atoms with Gasteiger partial charge in [0, 0.05) is 18.8 Å². The first-order chi connectivity index (χ1) is 11.9. The lowest BCUT2D eigenvalue weighted by molar-refractivity contribution is -0.143. The highest BCUT2D eigenvalue weighted by molar-refractivity contribution is 7.99. The number of esters is 1. The molecule has 1 aromatic rings. The van der Waals surface area contributed by atoms with Crippen LogP contribution in [0.1, 0.15) is 49.9 Å². The van der Waals surface area contributed by atoms with Crippen LogP contribution in [-0.2, 0) is 9.53 Å². The number of rotatable bonds is 6. The molecule has 8 heteroatoms. The third-order valence-electron chi connectivity index (χ3n) is 4.20. The number of carbonyl (C=O) groups is 2. The van der Waals surface area contributed by atoms with Crippen LogP contribution in [0, 0.1) is 0 Å². The fourth-order valence-corrected chi connectivity index (χ4v) is 3.52. The maximum atomic E-state index is 12.6.